The van der Waals surface area contributed by atoms with Crippen molar-refractivity contribution in [1.82, 2.24) is 0 Å². The third kappa shape index (κ3) is 4.33. The van der Waals surface area contributed by atoms with Crippen LogP contribution in [0.5, 0.6) is 5.75 Å². The van der Waals surface area contributed by atoms with Crippen LogP contribution in [0.1, 0.15) is 15.9 Å². The Morgan fingerprint density at radius 1 is 1.00 bits per heavy atom. The van der Waals surface area contributed by atoms with Crippen molar-refractivity contribution in [3.63, 3.8) is 0 Å². The van der Waals surface area contributed by atoms with E-state index in [0.29, 0.717) is 17.5 Å². The van der Waals surface area contributed by atoms with Gasteiger partial charge < -0.3 is 9.47 Å². The molecule has 0 saturated carbocycles. The summed E-state index contributed by atoms with van der Waals surface area (Å²) in [6.07, 6.45) is 2.06. The first-order chi connectivity index (χ1) is 12.7. The molecular weight excluding hydrogens is 392 g/mol. The Kier molecular flexibility index (Phi) is 6.08. The van der Waals surface area contributed by atoms with Crippen LogP contribution in [0.2, 0.25) is 0 Å². The van der Waals surface area contributed by atoms with E-state index >= 15 is 0 Å². The Morgan fingerprint density at radius 2 is 1.73 bits per heavy atom. The zero-order valence-electron chi connectivity index (χ0n) is 14.4. The number of ether oxygens (including phenoxy) is 2. The lowest BCUT2D eigenvalue weighted by molar-refractivity contribution is 0.0600. The number of benzene rings is 3. The van der Waals surface area contributed by atoms with Crippen LogP contribution in [-0.4, -0.2) is 25.0 Å². The van der Waals surface area contributed by atoms with Gasteiger partial charge in [0, 0.05) is 10.7 Å². The van der Waals surface area contributed by atoms with Gasteiger partial charge in [0.2, 0.25) is 0 Å². The van der Waals surface area contributed by atoms with Gasteiger partial charge in [-0.3, -0.25) is 0 Å². The molecule has 3 rings (SSSR count). The SMILES string of the molecule is COC(=O)c1ccc(C=C(CBr)COc2cccc3ccccc23)cc1. The van der Waals surface area contributed by atoms with Crippen molar-refractivity contribution in [3.8, 4) is 5.75 Å². The molecule has 0 aliphatic heterocycles. The number of hydrogen-bond acceptors (Lipinski definition) is 3. The van der Waals surface area contributed by atoms with Crippen molar-refractivity contribution >= 4 is 38.7 Å². The van der Waals surface area contributed by atoms with Gasteiger partial charge in [-0.25, -0.2) is 4.79 Å². The van der Waals surface area contributed by atoms with Gasteiger partial charge >= 0.3 is 5.97 Å². The van der Waals surface area contributed by atoms with Crippen LogP contribution in [0, 0.1) is 0 Å². The maximum absolute atomic E-state index is 11.5. The normalized spacial score (nSPS) is 11.4. The number of hydrogen-bond donors (Lipinski definition) is 0. The van der Waals surface area contributed by atoms with E-state index in [1.807, 2.05) is 36.4 Å². The lowest BCUT2D eigenvalue weighted by Gasteiger charge is -2.11. The number of carbonyl (C=O) groups is 1. The van der Waals surface area contributed by atoms with Gasteiger partial charge in [-0.1, -0.05) is 70.5 Å². The van der Waals surface area contributed by atoms with Gasteiger partial charge in [0.15, 0.2) is 0 Å². The first-order valence-corrected chi connectivity index (χ1v) is 9.38. The van der Waals surface area contributed by atoms with Crippen LogP contribution >= 0.6 is 15.9 Å². The van der Waals surface area contributed by atoms with E-state index < -0.39 is 0 Å². The van der Waals surface area contributed by atoms with Gasteiger partial charge in [-0.15, -0.1) is 0 Å². The molecule has 0 amide bonds. The fraction of sp³-hybridized carbons (Fsp3) is 0.136. The third-order valence-electron chi connectivity index (χ3n) is 4.04. The van der Waals surface area contributed by atoms with Gasteiger partial charge in [-0.2, -0.15) is 0 Å². The fourth-order valence-electron chi connectivity index (χ4n) is 2.68. The molecule has 0 N–H and O–H groups in total. The van der Waals surface area contributed by atoms with Crippen molar-refractivity contribution in [2.45, 2.75) is 0 Å². The van der Waals surface area contributed by atoms with E-state index in [2.05, 4.69) is 40.2 Å². The average Bonchev–Trinajstić information content (AvgIpc) is 2.71. The number of esters is 1. The zero-order valence-corrected chi connectivity index (χ0v) is 16.0. The molecule has 0 aliphatic rings. The van der Waals surface area contributed by atoms with Gasteiger partial charge in [0.05, 0.1) is 12.7 Å². The largest absolute Gasteiger partial charge is 0.489 e. The summed E-state index contributed by atoms with van der Waals surface area (Å²) in [7, 11) is 1.38. The number of alkyl halides is 1. The molecule has 0 aliphatic carbocycles. The Morgan fingerprint density at radius 3 is 2.46 bits per heavy atom. The molecule has 3 aromatic rings. The molecule has 4 heteroatoms. The molecule has 0 spiro atoms. The van der Waals surface area contributed by atoms with E-state index in [0.717, 1.165) is 27.7 Å². The van der Waals surface area contributed by atoms with E-state index in [4.69, 9.17) is 9.47 Å². The van der Waals surface area contributed by atoms with Crippen molar-refractivity contribution in [2.24, 2.45) is 0 Å². The van der Waals surface area contributed by atoms with Crippen LogP contribution in [0.4, 0.5) is 0 Å². The molecule has 0 atom stereocenters. The minimum absolute atomic E-state index is 0.333. The van der Waals surface area contributed by atoms with Crippen LogP contribution in [0.25, 0.3) is 16.8 Å². The number of rotatable bonds is 6. The summed E-state index contributed by atoms with van der Waals surface area (Å²) in [4.78, 5) is 11.5. The summed E-state index contributed by atoms with van der Waals surface area (Å²) in [6, 6.07) is 21.5. The van der Waals surface area contributed by atoms with E-state index in [9.17, 15) is 4.79 Å². The lowest BCUT2D eigenvalue weighted by atomic mass is 10.1. The quantitative estimate of drug-likeness (QED) is 0.398. The summed E-state index contributed by atoms with van der Waals surface area (Å²) in [5, 5.41) is 2.97. The van der Waals surface area contributed by atoms with E-state index in [1.165, 1.54) is 7.11 Å². The second kappa shape index (κ2) is 8.68. The predicted molar refractivity (Wildman–Crippen MR) is 109 cm³/mol. The number of halogens is 1. The molecule has 132 valence electrons. The summed E-state index contributed by atoms with van der Waals surface area (Å²) < 4.78 is 10.8. The highest BCUT2D eigenvalue weighted by molar-refractivity contribution is 9.09. The van der Waals surface area contributed by atoms with Gasteiger partial charge in [-0.05, 0) is 34.7 Å². The van der Waals surface area contributed by atoms with Crippen LogP contribution in [-0.2, 0) is 4.74 Å². The molecule has 0 aromatic heterocycles. The summed E-state index contributed by atoms with van der Waals surface area (Å²) in [6.45, 7) is 0.484. The van der Waals surface area contributed by atoms with Crippen LogP contribution in [0.3, 0.4) is 0 Å². The fourth-order valence-corrected chi connectivity index (χ4v) is 3.00. The highest BCUT2D eigenvalue weighted by atomic mass is 79.9. The molecule has 0 bridgehead atoms. The maximum atomic E-state index is 11.5. The Balaban J connectivity index is 1.74. The number of carbonyl (C=O) groups excluding carboxylic acids is 1. The smallest absolute Gasteiger partial charge is 0.337 e. The van der Waals surface area contributed by atoms with Crippen LogP contribution in [0.15, 0.2) is 72.3 Å². The van der Waals surface area contributed by atoms with Crippen molar-refractivity contribution in [3.05, 3.63) is 83.4 Å². The lowest BCUT2D eigenvalue weighted by Crippen LogP contribution is -2.03. The zero-order chi connectivity index (χ0) is 18.4. The summed E-state index contributed by atoms with van der Waals surface area (Å²) in [5.74, 6) is 0.538. The van der Waals surface area contributed by atoms with Crippen LogP contribution < -0.4 is 4.74 Å². The third-order valence-corrected chi connectivity index (χ3v) is 4.76. The monoisotopic (exact) mass is 410 g/mol. The first kappa shape index (κ1) is 18.2. The second-order valence-electron chi connectivity index (χ2n) is 5.82. The predicted octanol–water partition coefficient (Wildman–Crippen LogP) is 5.48. The molecule has 3 aromatic carbocycles. The average molecular weight is 411 g/mol. The summed E-state index contributed by atoms with van der Waals surface area (Å²) >= 11 is 3.52. The second-order valence-corrected chi connectivity index (χ2v) is 6.38. The Hall–Kier alpha value is -2.59. The highest BCUT2D eigenvalue weighted by Gasteiger charge is 2.05. The summed E-state index contributed by atoms with van der Waals surface area (Å²) in [5.41, 5.74) is 2.65. The first-order valence-electron chi connectivity index (χ1n) is 8.25. The van der Waals surface area contributed by atoms with Gasteiger partial charge in [0.1, 0.15) is 12.4 Å². The molecule has 26 heavy (non-hydrogen) atoms. The van der Waals surface area contributed by atoms with Crippen molar-refractivity contribution < 1.29 is 14.3 Å². The molecular formula is C22H19BrO3. The molecule has 0 saturated heterocycles. The molecule has 3 nitrogen and oxygen atoms in total. The van der Waals surface area contributed by atoms with Crippen molar-refractivity contribution in [1.29, 1.82) is 0 Å². The minimum atomic E-state index is -0.333. The minimum Gasteiger partial charge on any atom is -0.489 e. The standard InChI is InChI=1S/C22H19BrO3/c1-25-22(24)19-11-9-16(10-12-19)13-17(14-23)15-26-21-8-4-6-18-5-2-3-7-20(18)21/h2-13H,14-15H2,1H3. The molecule has 0 fully saturated rings. The molecule has 0 heterocycles. The van der Waals surface area contributed by atoms with Crippen molar-refractivity contribution in [2.75, 3.05) is 19.0 Å². The van der Waals surface area contributed by atoms with E-state index in [-0.39, 0.29) is 5.97 Å². The molecule has 0 radical (unpaired) electrons. The van der Waals surface area contributed by atoms with Gasteiger partial charge in [0.25, 0.3) is 0 Å². The Labute approximate surface area is 161 Å². The highest BCUT2D eigenvalue weighted by Crippen LogP contribution is 2.25. The number of fused-ring (bicyclic) bond motifs is 1. The maximum Gasteiger partial charge on any atom is 0.337 e. The topological polar surface area (TPSA) is 35.5 Å². The Bertz CT molecular complexity index is 924. The van der Waals surface area contributed by atoms with E-state index in [1.54, 1.807) is 12.1 Å². The molecule has 0 unspecified atom stereocenters. The number of methoxy groups -OCH3 is 1.